The second kappa shape index (κ2) is 14.3. The Bertz CT molecular complexity index is 2810. The van der Waals surface area contributed by atoms with Gasteiger partial charge in [-0.1, -0.05) is 56.3 Å². The van der Waals surface area contributed by atoms with Gasteiger partial charge in [0.05, 0.1) is 22.3 Å². The molecule has 0 aromatic heterocycles. The van der Waals surface area contributed by atoms with Gasteiger partial charge >= 0.3 is 12.4 Å². The molecule has 1 aliphatic carbocycles. The average Bonchev–Trinajstić information content (AvgIpc) is 3.62. The van der Waals surface area contributed by atoms with E-state index < -0.39 is 69.3 Å². The molecular formula is C46H30F6N2O6. The Morgan fingerprint density at radius 3 is 1.55 bits per heavy atom. The fraction of sp³-hybridized carbons (Fsp3) is 0.130. The molecule has 8 rings (SSSR count). The predicted molar refractivity (Wildman–Crippen MR) is 208 cm³/mol. The molecule has 8 nitrogen and oxygen atoms in total. The number of nitrogens with one attached hydrogen (secondary N) is 1. The molecule has 14 heteroatoms. The number of alkyl halides is 6. The summed E-state index contributed by atoms with van der Waals surface area (Å²) in [6.45, 7) is 3.97. The lowest BCUT2D eigenvalue weighted by molar-refractivity contribution is -0.139. The predicted octanol–water partition coefficient (Wildman–Crippen LogP) is 10.9. The van der Waals surface area contributed by atoms with Crippen LogP contribution in [0.4, 0.5) is 32.0 Å². The van der Waals surface area contributed by atoms with Crippen LogP contribution in [-0.4, -0.2) is 23.4 Å². The number of amides is 2. The van der Waals surface area contributed by atoms with Gasteiger partial charge in [0.15, 0.2) is 11.6 Å². The van der Waals surface area contributed by atoms with Gasteiger partial charge in [-0.3, -0.25) is 24.5 Å². The number of rotatable bonds is 8. The Balaban J connectivity index is 1.03. The van der Waals surface area contributed by atoms with E-state index in [2.05, 4.69) is 5.32 Å². The molecule has 0 saturated carbocycles. The molecule has 6 aromatic rings. The molecule has 2 amide bonds. The molecule has 6 aromatic carbocycles. The van der Waals surface area contributed by atoms with E-state index >= 15 is 0 Å². The van der Waals surface area contributed by atoms with Crippen LogP contribution in [0.25, 0.3) is 11.1 Å². The van der Waals surface area contributed by atoms with Gasteiger partial charge in [-0.15, -0.1) is 0 Å². The molecule has 302 valence electrons. The second-order valence-corrected chi connectivity index (χ2v) is 14.8. The Labute approximate surface area is 337 Å². The number of benzene rings is 6. The van der Waals surface area contributed by atoms with E-state index in [1.165, 1.54) is 30.3 Å². The molecule has 60 heavy (non-hydrogen) atoms. The summed E-state index contributed by atoms with van der Waals surface area (Å²) in [5, 5.41) is 2.25. The first-order chi connectivity index (χ1) is 28.3. The Morgan fingerprint density at radius 2 is 0.967 bits per heavy atom. The minimum Gasteiger partial charge on any atom is -0.457 e. The Hall–Kier alpha value is -7.22. The number of Topliss-reactive ketones (excluding diaryl/α,β-unsaturated/α-hetero) is 2. The quantitative estimate of drug-likeness (QED) is 0.0678. The van der Waals surface area contributed by atoms with Crippen molar-refractivity contribution in [2.24, 2.45) is 0 Å². The molecule has 0 bridgehead atoms. The minimum atomic E-state index is -5.15. The van der Waals surface area contributed by atoms with Gasteiger partial charge < -0.3 is 15.2 Å². The van der Waals surface area contributed by atoms with Crippen LogP contribution in [0.2, 0.25) is 0 Å². The highest BCUT2D eigenvalue weighted by Crippen LogP contribution is 2.46. The van der Waals surface area contributed by atoms with Crippen molar-refractivity contribution in [3.8, 4) is 34.1 Å². The smallest absolute Gasteiger partial charge is 0.417 e. The van der Waals surface area contributed by atoms with E-state index in [0.717, 1.165) is 35.4 Å². The van der Waals surface area contributed by atoms with E-state index in [1.807, 2.05) is 38.1 Å². The standard InChI is InChI=1S/C46H30F6N2O6/c1-44(2,25-6-4-8-28(19-25)60-30-12-16-34-36(22-30)43(58)54-42(34)57)24-5-3-7-27(18-24)59-29-11-15-33-35(21-29)41(56)39(40(33)55)23-9-13-31(37(17-23)45(47,48)49)32-14-10-26(53)20-38(32)46(50,51)52/h3-22,39H,53H2,1-2H3,(H,54,57,58). The van der Waals surface area contributed by atoms with Crippen LogP contribution in [0.1, 0.15) is 89.0 Å². The van der Waals surface area contributed by atoms with Crippen LogP contribution in [0.5, 0.6) is 23.0 Å². The molecule has 2 aliphatic rings. The van der Waals surface area contributed by atoms with Crippen molar-refractivity contribution in [1.29, 1.82) is 0 Å². The maximum atomic E-state index is 14.5. The molecule has 0 saturated heterocycles. The number of fused-ring (bicyclic) bond motifs is 2. The van der Waals surface area contributed by atoms with Gasteiger partial charge in [0.25, 0.3) is 11.8 Å². The zero-order chi connectivity index (χ0) is 42.9. The maximum absolute atomic E-state index is 14.5. The Kier molecular flexibility index (Phi) is 9.41. The molecular weight excluding hydrogens is 791 g/mol. The molecule has 0 fully saturated rings. The summed E-state index contributed by atoms with van der Waals surface area (Å²) in [4.78, 5) is 51.4. The highest BCUT2D eigenvalue weighted by Gasteiger charge is 2.43. The molecule has 1 atom stereocenters. The minimum absolute atomic E-state index is 0.0403. The van der Waals surface area contributed by atoms with Crippen LogP contribution in [0.15, 0.2) is 121 Å². The summed E-state index contributed by atoms with van der Waals surface area (Å²) < 4.78 is 97.3. The molecule has 3 N–H and O–H groups in total. The van der Waals surface area contributed by atoms with Crippen LogP contribution in [0.3, 0.4) is 0 Å². The first kappa shape index (κ1) is 39.6. The maximum Gasteiger partial charge on any atom is 0.417 e. The van der Waals surface area contributed by atoms with Crippen molar-refractivity contribution in [1.82, 2.24) is 5.32 Å². The third kappa shape index (κ3) is 7.14. The number of carbonyl (C=O) groups is 4. The number of nitrogens with two attached hydrogens (primary N) is 1. The molecule has 0 spiro atoms. The number of nitrogen functional groups attached to an aromatic ring is 1. The zero-order valence-corrected chi connectivity index (χ0v) is 31.4. The molecule has 1 heterocycles. The van der Waals surface area contributed by atoms with Gasteiger partial charge in [0.2, 0.25) is 0 Å². The number of ether oxygens (including phenoxy) is 2. The van der Waals surface area contributed by atoms with E-state index in [1.54, 1.807) is 30.3 Å². The summed E-state index contributed by atoms with van der Waals surface area (Å²) in [5.41, 5.74) is 1.95. The summed E-state index contributed by atoms with van der Waals surface area (Å²) in [5.74, 6) is -2.81. The number of imide groups is 1. The van der Waals surface area contributed by atoms with E-state index in [-0.39, 0.29) is 39.3 Å². The van der Waals surface area contributed by atoms with Crippen LogP contribution < -0.4 is 20.5 Å². The van der Waals surface area contributed by atoms with E-state index in [4.69, 9.17) is 15.2 Å². The average molecular weight is 821 g/mol. The summed E-state index contributed by atoms with van der Waals surface area (Å²) in [7, 11) is 0. The zero-order valence-electron chi connectivity index (χ0n) is 31.4. The molecule has 1 aliphatic heterocycles. The van der Waals surface area contributed by atoms with Crippen LogP contribution in [-0.2, 0) is 17.8 Å². The first-order valence-electron chi connectivity index (χ1n) is 18.3. The number of carbonyl (C=O) groups excluding carboxylic acids is 4. The lowest BCUT2D eigenvalue weighted by atomic mass is 9.78. The second-order valence-electron chi connectivity index (χ2n) is 14.8. The molecule has 1 unspecified atom stereocenters. The monoisotopic (exact) mass is 820 g/mol. The van der Waals surface area contributed by atoms with Crippen LogP contribution in [0, 0.1) is 0 Å². The number of anilines is 1. The van der Waals surface area contributed by atoms with Crippen molar-refractivity contribution in [2.75, 3.05) is 5.73 Å². The Morgan fingerprint density at radius 1 is 0.500 bits per heavy atom. The van der Waals surface area contributed by atoms with E-state index in [0.29, 0.717) is 29.4 Å². The topological polar surface area (TPSA) is 125 Å². The highest BCUT2D eigenvalue weighted by atomic mass is 19.4. The fourth-order valence-corrected chi connectivity index (χ4v) is 7.53. The summed E-state index contributed by atoms with van der Waals surface area (Å²) >= 11 is 0. The molecule has 0 radical (unpaired) electrons. The van der Waals surface area contributed by atoms with Gasteiger partial charge in [0, 0.05) is 22.2 Å². The summed E-state index contributed by atoms with van der Waals surface area (Å²) in [6.07, 6.45) is -10.2. The van der Waals surface area contributed by atoms with E-state index in [9.17, 15) is 45.5 Å². The highest BCUT2D eigenvalue weighted by molar-refractivity contribution is 6.30. The number of hydrogen-bond donors (Lipinski definition) is 2. The third-order valence-electron chi connectivity index (χ3n) is 10.7. The van der Waals surface area contributed by atoms with Crippen LogP contribution >= 0.6 is 0 Å². The third-order valence-corrected chi connectivity index (χ3v) is 10.7. The number of halogens is 6. The number of ketones is 2. The van der Waals surface area contributed by atoms with Crippen molar-refractivity contribution in [3.63, 3.8) is 0 Å². The fourth-order valence-electron chi connectivity index (χ4n) is 7.53. The summed E-state index contributed by atoms with van der Waals surface area (Å²) in [6, 6.07) is 28.1. The van der Waals surface area contributed by atoms with Crippen molar-refractivity contribution in [2.45, 2.75) is 37.5 Å². The van der Waals surface area contributed by atoms with Crippen molar-refractivity contribution in [3.05, 3.63) is 171 Å². The normalized spacial score (nSPS) is 15.2. The van der Waals surface area contributed by atoms with Gasteiger partial charge in [-0.05, 0) is 107 Å². The number of hydrogen-bond acceptors (Lipinski definition) is 7. The van der Waals surface area contributed by atoms with Gasteiger partial charge in [0.1, 0.15) is 28.9 Å². The first-order valence-corrected chi connectivity index (χ1v) is 18.3. The lowest BCUT2D eigenvalue weighted by Crippen LogP contribution is -2.19. The SMILES string of the molecule is CC(C)(c1cccc(Oc2ccc3c(c2)C(=O)NC3=O)c1)c1cccc(Oc2ccc3c(c2)C(=O)C(c2ccc(-c4ccc(N)cc4C(F)(F)F)c(C(F)(F)F)c2)C3=O)c1. The van der Waals surface area contributed by atoms with Gasteiger partial charge in [-0.25, -0.2) is 0 Å². The lowest BCUT2D eigenvalue weighted by Gasteiger charge is -2.27. The van der Waals surface area contributed by atoms with Crippen molar-refractivity contribution < 1.29 is 55.0 Å². The van der Waals surface area contributed by atoms with Crippen molar-refractivity contribution >= 4 is 29.1 Å². The van der Waals surface area contributed by atoms with Gasteiger partial charge in [-0.2, -0.15) is 26.3 Å². The largest absolute Gasteiger partial charge is 0.457 e.